The fourth-order valence-corrected chi connectivity index (χ4v) is 3.21. The van der Waals surface area contributed by atoms with Crippen molar-refractivity contribution in [2.24, 2.45) is 5.92 Å². The van der Waals surface area contributed by atoms with Crippen LogP contribution in [0.5, 0.6) is 5.75 Å². The van der Waals surface area contributed by atoms with Gasteiger partial charge in [0.2, 0.25) is 0 Å². The summed E-state index contributed by atoms with van der Waals surface area (Å²) in [5, 5.41) is 8.01. The van der Waals surface area contributed by atoms with Crippen LogP contribution in [0.2, 0.25) is 5.02 Å². The number of carbonyl (C=O) groups is 1. The summed E-state index contributed by atoms with van der Waals surface area (Å²) in [6, 6.07) is 5.51. The molecular formula is C18H22ClN3O2. The summed E-state index contributed by atoms with van der Waals surface area (Å²) in [7, 11) is 0. The van der Waals surface area contributed by atoms with Crippen molar-refractivity contribution in [1.82, 2.24) is 15.1 Å². The number of para-hydroxylation sites is 1. The molecule has 3 rings (SSSR count). The number of amides is 1. The molecule has 24 heavy (non-hydrogen) atoms. The number of carbonyl (C=O) groups excluding carboxylic acids is 1. The van der Waals surface area contributed by atoms with E-state index in [1.54, 1.807) is 12.3 Å². The third-order valence-electron chi connectivity index (χ3n) is 4.22. The standard InChI is InChI=1S/C18H22ClN3O2/c1-11(2)10-22-12(3)14(9-20-22)18(23)21-16-7-8-24-17-13(16)5-4-6-15(17)19/h4-6,9,11,16H,7-8,10H2,1-3H3,(H,21,23)/t16-/m0/s1. The molecule has 1 aromatic heterocycles. The number of nitrogens with zero attached hydrogens (tertiary/aromatic N) is 2. The molecule has 2 heterocycles. The molecule has 0 bridgehead atoms. The number of rotatable bonds is 4. The lowest BCUT2D eigenvalue weighted by atomic mass is 10.00. The van der Waals surface area contributed by atoms with Crippen LogP contribution in [0.4, 0.5) is 0 Å². The first kappa shape index (κ1) is 16.8. The van der Waals surface area contributed by atoms with Crippen molar-refractivity contribution < 1.29 is 9.53 Å². The first-order valence-corrected chi connectivity index (χ1v) is 8.59. The van der Waals surface area contributed by atoms with Gasteiger partial charge < -0.3 is 10.1 Å². The third kappa shape index (κ3) is 3.26. The van der Waals surface area contributed by atoms with E-state index >= 15 is 0 Å². The molecule has 5 nitrogen and oxygen atoms in total. The molecule has 1 N–H and O–H groups in total. The topological polar surface area (TPSA) is 56.1 Å². The Labute approximate surface area is 147 Å². The van der Waals surface area contributed by atoms with Crippen LogP contribution in [0.15, 0.2) is 24.4 Å². The van der Waals surface area contributed by atoms with Gasteiger partial charge in [0.25, 0.3) is 5.91 Å². The maximum atomic E-state index is 12.7. The molecule has 1 aromatic carbocycles. The molecule has 1 atom stereocenters. The van der Waals surface area contributed by atoms with Gasteiger partial charge in [0, 0.05) is 24.2 Å². The van der Waals surface area contributed by atoms with Gasteiger partial charge in [-0.05, 0) is 18.9 Å². The molecule has 1 aliphatic rings. The second kappa shape index (κ2) is 6.85. The van der Waals surface area contributed by atoms with E-state index in [9.17, 15) is 4.79 Å². The second-order valence-corrected chi connectivity index (χ2v) is 6.95. The minimum absolute atomic E-state index is 0.104. The van der Waals surface area contributed by atoms with Crippen molar-refractivity contribution in [3.8, 4) is 5.75 Å². The molecule has 0 saturated carbocycles. The van der Waals surface area contributed by atoms with Crippen molar-refractivity contribution in [1.29, 1.82) is 0 Å². The largest absolute Gasteiger partial charge is 0.492 e. The zero-order chi connectivity index (χ0) is 17.3. The Morgan fingerprint density at radius 1 is 1.50 bits per heavy atom. The fraction of sp³-hybridized carbons (Fsp3) is 0.444. The van der Waals surface area contributed by atoms with E-state index in [2.05, 4.69) is 24.3 Å². The van der Waals surface area contributed by atoms with Gasteiger partial charge in [0.05, 0.1) is 29.4 Å². The van der Waals surface area contributed by atoms with E-state index in [0.29, 0.717) is 28.9 Å². The van der Waals surface area contributed by atoms with E-state index in [4.69, 9.17) is 16.3 Å². The van der Waals surface area contributed by atoms with E-state index in [0.717, 1.165) is 24.2 Å². The number of hydrogen-bond acceptors (Lipinski definition) is 3. The Hall–Kier alpha value is -2.01. The van der Waals surface area contributed by atoms with Gasteiger partial charge in [-0.1, -0.05) is 37.6 Å². The molecule has 0 saturated heterocycles. The number of halogens is 1. The Kier molecular flexibility index (Phi) is 4.81. The number of nitrogens with one attached hydrogen (secondary N) is 1. The molecule has 0 aliphatic carbocycles. The van der Waals surface area contributed by atoms with Gasteiger partial charge in [-0.2, -0.15) is 5.10 Å². The lowest BCUT2D eigenvalue weighted by Crippen LogP contribution is -2.32. The number of hydrogen-bond donors (Lipinski definition) is 1. The lowest BCUT2D eigenvalue weighted by molar-refractivity contribution is 0.0924. The highest BCUT2D eigenvalue weighted by Crippen LogP contribution is 2.37. The second-order valence-electron chi connectivity index (χ2n) is 6.54. The first-order chi connectivity index (χ1) is 11.5. The van der Waals surface area contributed by atoms with E-state index in [1.807, 2.05) is 23.7 Å². The fourth-order valence-electron chi connectivity index (χ4n) is 2.97. The Bertz CT molecular complexity index is 755. The van der Waals surface area contributed by atoms with Crippen LogP contribution in [-0.4, -0.2) is 22.3 Å². The molecule has 6 heteroatoms. The van der Waals surface area contributed by atoms with E-state index < -0.39 is 0 Å². The molecule has 0 unspecified atom stereocenters. The van der Waals surface area contributed by atoms with Crippen LogP contribution in [0.1, 0.15) is 47.9 Å². The summed E-state index contributed by atoms with van der Waals surface area (Å²) in [6.07, 6.45) is 2.36. The molecule has 1 amide bonds. The maximum absolute atomic E-state index is 12.7. The number of fused-ring (bicyclic) bond motifs is 1. The van der Waals surface area contributed by atoms with Crippen molar-refractivity contribution >= 4 is 17.5 Å². The summed E-state index contributed by atoms with van der Waals surface area (Å²) in [6.45, 7) is 7.52. The monoisotopic (exact) mass is 347 g/mol. The average Bonchev–Trinajstić information content (AvgIpc) is 2.89. The highest BCUT2D eigenvalue weighted by Gasteiger charge is 2.26. The molecule has 1 aliphatic heterocycles. The number of aromatic nitrogens is 2. The van der Waals surface area contributed by atoms with Crippen molar-refractivity contribution in [2.75, 3.05) is 6.61 Å². The van der Waals surface area contributed by atoms with Crippen molar-refractivity contribution in [2.45, 2.75) is 39.8 Å². The van der Waals surface area contributed by atoms with Gasteiger partial charge in [-0.15, -0.1) is 0 Å². The summed E-state index contributed by atoms with van der Waals surface area (Å²) in [4.78, 5) is 12.7. The quantitative estimate of drug-likeness (QED) is 0.916. The van der Waals surface area contributed by atoms with Crippen molar-refractivity contribution in [3.63, 3.8) is 0 Å². The van der Waals surface area contributed by atoms with E-state index in [1.165, 1.54) is 0 Å². The van der Waals surface area contributed by atoms with E-state index in [-0.39, 0.29) is 11.9 Å². The summed E-state index contributed by atoms with van der Waals surface area (Å²) in [5.74, 6) is 1.03. The zero-order valence-corrected chi connectivity index (χ0v) is 14.9. The molecule has 0 spiro atoms. The maximum Gasteiger partial charge on any atom is 0.255 e. The van der Waals surface area contributed by atoms with Gasteiger partial charge >= 0.3 is 0 Å². The van der Waals surface area contributed by atoms with Crippen LogP contribution in [0.3, 0.4) is 0 Å². The van der Waals surface area contributed by atoms with Crippen LogP contribution < -0.4 is 10.1 Å². The summed E-state index contributed by atoms with van der Waals surface area (Å²) >= 11 is 6.19. The molecule has 2 aromatic rings. The van der Waals surface area contributed by atoms with Crippen LogP contribution in [0.25, 0.3) is 0 Å². The molecule has 0 fully saturated rings. The SMILES string of the molecule is Cc1c(C(=O)N[C@H]2CCOc3c(Cl)cccc32)cnn1CC(C)C. The minimum Gasteiger partial charge on any atom is -0.492 e. The summed E-state index contributed by atoms with van der Waals surface area (Å²) in [5.41, 5.74) is 2.43. The Balaban J connectivity index is 1.80. The minimum atomic E-state index is -0.111. The van der Waals surface area contributed by atoms with Crippen LogP contribution in [-0.2, 0) is 6.54 Å². The summed E-state index contributed by atoms with van der Waals surface area (Å²) < 4.78 is 7.53. The van der Waals surface area contributed by atoms with Gasteiger partial charge in [-0.3, -0.25) is 9.48 Å². The normalized spacial score (nSPS) is 16.6. The lowest BCUT2D eigenvalue weighted by Gasteiger charge is -2.27. The number of ether oxygens (including phenoxy) is 1. The third-order valence-corrected chi connectivity index (χ3v) is 4.51. The van der Waals surface area contributed by atoms with Crippen molar-refractivity contribution in [3.05, 3.63) is 46.2 Å². The zero-order valence-electron chi connectivity index (χ0n) is 14.2. The molecule has 128 valence electrons. The van der Waals surface area contributed by atoms with Crippen LogP contribution >= 0.6 is 11.6 Å². The number of benzene rings is 1. The predicted octanol–water partition coefficient (Wildman–Crippen LogP) is 3.75. The molecular weight excluding hydrogens is 326 g/mol. The van der Waals surface area contributed by atoms with Gasteiger partial charge in [0.15, 0.2) is 0 Å². The van der Waals surface area contributed by atoms with Gasteiger partial charge in [-0.25, -0.2) is 0 Å². The highest BCUT2D eigenvalue weighted by atomic mass is 35.5. The Morgan fingerprint density at radius 3 is 3.04 bits per heavy atom. The van der Waals surface area contributed by atoms with Gasteiger partial charge in [0.1, 0.15) is 5.75 Å². The first-order valence-electron chi connectivity index (χ1n) is 8.22. The highest BCUT2D eigenvalue weighted by molar-refractivity contribution is 6.32. The smallest absolute Gasteiger partial charge is 0.255 e. The molecule has 0 radical (unpaired) electrons. The van der Waals surface area contributed by atoms with Crippen LogP contribution in [0, 0.1) is 12.8 Å². The Morgan fingerprint density at radius 2 is 2.29 bits per heavy atom. The predicted molar refractivity (Wildman–Crippen MR) is 93.6 cm³/mol. The average molecular weight is 348 g/mol.